The molecule has 4 aromatic rings. The first-order chi connectivity index (χ1) is 16.0. The van der Waals surface area contributed by atoms with Crippen LogP contribution in [0.4, 0.5) is 0 Å². The number of nitrogens with zero attached hydrogens (tertiary/aromatic N) is 2. The van der Waals surface area contributed by atoms with Crippen molar-refractivity contribution in [2.45, 2.75) is 32.9 Å². The van der Waals surface area contributed by atoms with Gasteiger partial charge in [0.25, 0.3) is 5.56 Å². The summed E-state index contributed by atoms with van der Waals surface area (Å²) in [6.45, 7) is 2.90. The zero-order valence-corrected chi connectivity index (χ0v) is 18.7. The van der Waals surface area contributed by atoms with Crippen molar-refractivity contribution >= 4 is 16.8 Å². The van der Waals surface area contributed by atoms with Crippen molar-refractivity contribution in [3.8, 4) is 0 Å². The van der Waals surface area contributed by atoms with Crippen LogP contribution in [0.2, 0.25) is 0 Å². The molecule has 1 amide bonds. The molecule has 168 valence electrons. The molecule has 0 aliphatic carbocycles. The van der Waals surface area contributed by atoms with E-state index in [1.54, 1.807) is 22.8 Å². The van der Waals surface area contributed by atoms with E-state index in [9.17, 15) is 14.4 Å². The largest absolute Gasteiger partial charge is 0.356 e. The minimum Gasteiger partial charge on any atom is -0.356 e. The van der Waals surface area contributed by atoms with Gasteiger partial charge in [0.2, 0.25) is 5.91 Å². The smallest absolute Gasteiger partial charge is 0.331 e. The highest BCUT2D eigenvalue weighted by Crippen LogP contribution is 2.13. The Labute approximate surface area is 192 Å². The molecule has 33 heavy (non-hydrogen) atoms. The van der Waals surface area contributed by atoms with E-state index in [4.69, 9.17) is 0 Å². The lowest BCUT2D eigenvalue weighted by Crippen LogP contribution is -2.41. The number of carbonyl (C=O) groups excluding carboxylic acids is 1. The van der Waals surface area contributed by atoms with Crippen LogP contribution >= 0.6 is 0 Å². The molecule has 6 nitrogen and oxygen atoms in total. The third-order valence-corrected chi connectivity index (χ3v) is 5.86. The van der Waals surface area contributed by atoms with Gasteiger partial charge in [-0.05, 0) is 42.2 Å². The Balaban J connectivity index is 1.55. The number of hydrogen-bond acceptors (Lipinski definition) is 3. The van der Waals surface area contributed by atoms with Crippen molar-refractivity contribution in [2.24, 2.45) is 0 Å². The van der Waals surface area contributed by atoms with Crippen LogP contribution in [0, 0.1) is 6.92 Å². The highest BCUT2D eigenvalue weighted by Gasteiger charge is 2.15. The molecule has 0 saturated carbocycles. The molecule has 4 rings (SSSR count). The molecule has 1 aromatic heterocycles. The minimum absolute atomic E-state index is 0.0352. The lowest BCUT2D eigenvalue weighted by Gasteiger charge is -2.15. The Morgan fingerprint density at radius 3 is 2.33 bits per heavy atom. The number of hydrogen-bond donors (Lipinski definition) is 1. The van der Waals surface area contributed by atoms with E-state index in [0.29, 0.717) is 24.0 Å². The Hall–Kier alpha value is -3.93. The van der Waals surface area contributed by atoms with Crippen LogP contribution in [0.25, 0.3) is 10.9 Å². The fraction of sp³-hybridized carbons (Fsp3) is 0.222. The quantitative estimate of drug-likeness (QED) is 0.456. The second-order valence-corrected chi connectivity index (χ2v) is 8.10. The van der Waals surface area contributed by atoms with Gasteiger partial charge in [-0.25, -0.2) is 4.79 Å². The first kappa shape index (κ1) is 22.3. The lowest BCUT2D eigenvalue weighted by atomic mass is 10.1. The molecule has 3 aromatic carbocycles. The molecule has 1 N–H and O–H groups in total. The number of benzene rings is 3. The minimum atomic E-state index is -0.404. The maximum absolute atomic E-state index is 13.3. The fourth-order valence-corrected chi connectivity index (χ4v) is 3.97. The molecular weight excluding hydrogens is 414 g/mol. The summed E-state index contributed by atoms with van der Waals surface area (Å²) >= 11 is 0. The van der Waals surface area contributed by atoms with Gasteiger partial charge in [-0.1, -0.05) is 66.7 Å². The number of rotatable bonds is 8. The molecule has 0 saturated heterocycles. The number of amides is 1. The van der Waals surface area contributed by atoms with E-state index in [1.807, 2.05) is 67.6 Å². The summed E-state index contributed by atoms with van der Waals surface area (Å²) < 4.78 is 2.80. The normalized spacial score (nSPS) is 10.9. The van der Waals surface area contributed by atoms with Gasteiger partial charge in [-0.15, -0.1) is 0 Å². The first-order valence-corrected chi connectivity index (χ1v) is 11.1. The molecular formula is C27H27N3O3. The first-order valence-electron chi connectivity index (χ1n) is 11.1. The van der Waals surface area contributed by atoms with E-state index in [1.165, 1.54) is 4.57 Å². The third-order valence-electron chi connectivity index (χ3n) is 5.86. The number of para-hydroxylation sites is 1. The number of aromatic nitrogens is 2. The molecule has 0 unspecified atom stereocenters. The van der Waals surface area contributed by atoms with Crippen LogP contribution in [0.1, 0.15) is 23.1 Å². The summed E-state index contributed by atoms with van der Waals surface area (Å²) in [4.78, 5) is 38.8. The lowest BCUT2D eigenvalue weighted by molar-refractivity contribution is -0.121. The van der Waals surface area contributed by atoms with Crippen molar-refractivity contribution in [3.05, 3.63) is 116 Å². The standard InChI is InChI=1S/C27H27N3O3/c1-20-9-5-6-12-22(20)19-30-24-14-8-7-13-23(24)26(32)29(27(30)33)18-16-25(31)28-17-15-21-10-3-2-4-11-21/h2-14H,15-19H2,1H3,(H,28,31). The Morgan fingerprint density at radius 2 is 1.55 bits per heavy atom. The van der Waals surface area contributed by atoms with Crippen molar-refractivity contribution < 1.29 is 4.79 Å². The van der Waals surface area contributed by atoms with Gasteiger partial charge in [0.05, 0.1) is 17.4 Å². The number of nitrogens with one attached hydrogen (secondary N) is 1. The van der Waals surface area contributed by atoms with Gasteiger partial charge in [0, 0.05) is 19.5 Å². The monoisotopic (exact) mass is 441 g/mol. The zero-order valence-electron chi connectivity index (χ0n) is 18.7. The van der Waals surface area contributed by atoms with Crippen LogP contribution in [-0.4, -0.2) is 21.6 Å². The van der Waals surface area contributed by atoms with E-state index in [0.717, 1.165) is 23.1 Å². The summed E-state index contributed by atoms with van der Waals surface area (Å²) in [5, 5.41) is 3.34. The third kappa shape index (κ3) is 5.12. The molecule has 0 bridgehead atoms. The van der Waals surface area contributed by atoms with E-state index in [-0.39, 0.29) is 24.4 Å². The van der Waals surface area contributed by atoms with Crippen LogP contribution in [0.15, 0.2) is 88.5 Å². The molecule has 0 aliphatic heterocycles. The molecule has 6 heteroatoms. The summed E-state index contributed by atoms with van der Waals surface area (Å²) in [6, 6.07) is 24.9. The average Bonchev–Trinajstić information content (AvgIpc) is 2.83. The van der Waals surface area contributed by atoms with Crippen molar-refractivity contribution in [1.29, 1.82) is 0 Å². The number of carbonyl (C=O) groups is 1. The van der Waals surface area contributed by atoms with Crippen LogP contribution in [0.5, 0.6) is 0 Å². The Kier molecular flexibility index (Phi) is 6.83. The zero-order chi connectivity index (χ0) is 23.2. The second kappa shape index (κ2) is 10.1. The van der Waals surface area contributed by atoms with Gasteiger partial charge < -0.3 is 5.32 Å². The van der Waals surface area contributed by atoms with Gasteiger partial charge in [-0.2, -0.15) is 0 Å². The van der Waals surface area contributed by atoms with Crippen molar-refractivity contribution in [2.75, 3.05) is 6.54 Å². The Bertz CT molecular complexity index is 1390. The van der Waals surface area contributed by atoms with E-state index >= 15 is 0 Å². The van der Waals surface area contributed by atoms with E-state index < -0.39 is 5.69 Å². The highest BCUT2D eigenvalue weighted by atomic mass is 16.2. The SMILES string of the molecule is Cc1ccccc1Cn1c(=O)n(CCC(=O)NCCc2ccccc2)c(=O)c2ccccc21. The predicted octanol–water partition coefficient (Wildman–Crippen LogP) is 3.27. The second-order valence-electron chi connectivity index (χ2n) is 8.10. The summed E-state index contributed by atoms with van der Waals surface area (Å²) in [5.74, 6) is -0.184. The van der Waals surface area contributed by atoms with Crippen LogP contribution < -0.4 is 16.6 Å². The molecule has 0 fully saturated rings. The topological polar surface area (TPSA) is 73.1 Å². The maximum Gasteiger partial charge on any atom is 0.331 e. The van der Waals surface area contributed by atoms with Gasteiger partial charge in [-0.3, -0.25) is 18.7 Å². The Morgan fingerprint density at radius 1 is 0.848 bits per heavy atom. The maximum atomic E-state index is 13.3. The number of aryl methyl sites for hydroxylation is 1. The average molecular weight is 442 g/mol. The van der Waals surface area contributed by atoms with Crippen LogP contribution in [0.3, 0.4) is 0 Å². The van der Waals surface area contributed by atoms with Crippen molar-refractivity contribution in [1.82, 2.24) is 14.5 Å². The summed E-state index contributed by atoms with van der Waals surface area (Å²) in [6.07, 6.45) is 0.790. The predicted molar refractivity (Wildman–Crippen MR) is 131 cm³/mol. The molecule has 0 radical (unpaired) electrons. The van der Waals surface area contributed by atoms with Gasteiger partial charge in [0.1, 0.15) is 0 Å². The number of fused-ring (bicyclic) bond motifs is 1. The highest BCUT2D eigenvalue weighted by molar-refractivity contribution is 5.78. The molecule has 0 spiro atoms. The van der Waals surface area contributed by atoms with E-state index in [2.05, 4.69) is 5.32 Å². The molecule has 0 atom stereocenters. The van der Waals surface area contributed by atoms with Crippen LogP contribution in [-0.2, 0) is 24.3 Å². The molecule has 1 heterocycles. The van der Waals surface area contributed by atoms with Gasteiger partial charge >= 0.3 is 5.69 Å². The fourth-order valence-electron chi connectivity index (χ4n) is 3.97. The van der Waals surface area contributed by atoms with Gasteiger partial charge in [0.15, 0.2) is 0 Å². The summed E-state index contributed by atoms with van der Waals surface area (Å²) in [5.41, 5.74) is 3.05. The summed E-state index contributed by atoms with van der Waals surface area (Å²) in [7, 11) is 0. The molecule has 0 aliphatic rings. The van der Waals surface area contributed by atoms with Crippen molar-refractivity contribution in [3.63, 3.8) is 0 Å².